The van der Waals surface area contributed by atoms with E-state index in [1.54, 1.807) is 13.4 Å². The molecule has 0 aliphatic heterocycles. The molecule has 0 aromatic heterocycles. The fourth-order valence-electron chi connectivity index (χ4n) is 5.71. The normalized spacial score (nSPS) is 13.4. The van der Waals surface area contributed by atoms with Crippen LogP contribution in [0.3, 0.4) is 0 Å². The number of rotatable bonds is 5. The van der Waals surface area contributed by atoms with Gasteiger partial charge >= 0.3 is 0 Å². The minimum atomic E-state index is -0.425. The van der Waals surface area contributed by atoms with Crippen LogP contribution in [-0.4, -0.2) is 7.11 Å². The van der Waals surface area contributed by atoms with Crippen molar-refractivity contribution in [3.8, 4) is 22.3 Å². The lowest BCUT2D eigenvalue weighted by Gasteiger charge is -2.34. The summed E-state index contributed by atoms with van der Waals surface area (Å²) in [6.45, 7) is 0. The molecule has 0 saturated carbocycles. The minimum absolute atomic E-state index is 0.425. The Bertz CT molecular complexity index is 1530. The van der Waals surface area contributed by atoms with E-state index in [-0.39, 0.29) is 0 Å². The van der Waals surface area contributed by atoms with E-state index in [1.165, 1.54) is 33.4 Å². The molecule has 0 atom stereocenters. The predicted octanol–water partition coefficient (Wildman–Crippen LogP) is 8.99. The zero-order chi connectivity index (χ0) is 24.5. The minimum Gasteiger partial charge on any atom is -0.504 e. The average molecular weight is 485 g/mol. The topological polar surface area (TPSA) is 9.23 Å². The van der Waals surface area contributed by atoms with Crippen LogP contribution in [0.5, 0.6) is 0 Å². The van der Waals surface area contributed by atoms with E-state index >= 15 is 0 Å². The third-order valence-corrected chi connectivity index (χ3v) is 7.52. The highest BCUT2D eigenvalue weighted by atomic mass is 35.5. The first-order chi connectivity index (χ1) is 17.7. The molecule has 5 aromatic carbocycles. The summed E-state index contributed by atoms with van der Waals surface area (Å²) in [6, 6.07) is 43.4. The van der Waals surface area contributed by atoms with Crippen molar-refractivity contribution in [1.82, 2.24) is 0 Å². The van der Waals surface area contributed by atoms with E-state index in [1.807, 2.05) is 18.2 Å². The number of ether oxygens (including phenoxy) is 1. The van der Waals surface area contributed by atoms with Crippen molar-refractivity contribution in [3.63, 3.8) is 0 Å². The number of hydrogen-bond acceptors (Lipinski definition) is 1. The molecule has 0 heterocycles. The lowest BCUT2D eigenvalue weighted by molar-refractivity contribution is 0.341. The fourth-order valence-corrected chi connectivity index (χ4v) is 5.94. The van der Waals surface area contributed by atoms with E-state index in [4.69, 9.17) is 16.3 Å². The quantitative estimate of drug-likeness (QED) is 0.222. The molecular formula is C34H25ClO. The van der Waals surface area contributed by atoms with Crippen LogP contribution in [0.25, 0.3) is 28.3 Å². The highest BCUT2D eigenvalue weighted by molar-refractivity contribution is 6.32. The van der Waals surface area contributed by atoms with Crippen molar-refractivity contribution in [1.29, 1.82) is 0 Å². The average Bonchev–Trinajstić information content (AvgIpc) is 3.24. The van der Waals surface area contributed by atoms with Crippen molar-refractivity contribution in [3.05, 3.63) is 160 Å². The number of benzene rings is 5. The van der Waals surface area contributed by atoms with Crippen LogP contribution in [0, 0.1) is 0 Å². The van der Waals surface area contributed by atoms with Crippen LogP contribution in [-0.2, 0) is 10.2 Å². The molecule has 2 heteroatoms. The fraction of sp³-hybridized carbons (Fsp3) is 0.0588. The summed E-state index contributed by atoms with van der Waals surface area (Å²) in [6.07, 6.45) is 3.60. The second kappa shape index (κ2) is 9.18. The van der Waals surface area contributed by atoms with Crippen LogP contribution >= 0.6 is 11.6 Å². The number of methoxy groups -OCH3 is 1. The van der Waals surface area contributed by atoms with Gasteiger partial charge in [-0.05, 0) is 62.7 Å². The molecule has 5 aromatic rings. The summed E-state index contributed by atoms with van der Waals surface area (Å²) in [5, 5.41) is 0.696. The van der Waals surface area contributed by atoms with Crippen LogP contribution in [0.1, 0.15) is 27.8 Å². The first-order valence-electron chi connectivity index (χ1n) is 12.1. The van der Waals surface area contributed by atoms with Crippen LogP contribution < -0.4 is 0 Å². The van der Waals surface area contributed by atoms with Gasteiger partial charge in [0.25, 0.3) is 0 Å². The van der Waals surface area contributed by atoms with Gasteiger partial charge < -0.3 is 4.74 Å². The molecule has 0 unspecified atom stereocenters. The molecule has 0 bridgehead atoms. The summed E-state index contributed by atoms with van der Waals surface area (Å²) < 4.78 is 5.22. The van der Waals surface area contributed by atoms with Crippen molar-refractivity contribution in [2.24, 2.45) is 0 Å². The third kappa shape index (κ3) is 3.39. The molecule has 36 heavy (non-hydrogen) atoms. The van der Waals surface area contributed by atoms with Gasteiger partial charge in [0.05, 0.1) is 18.8 Å². The first kappa shape index (κ1) is 22.4. The summed E-state index contributed by atoms with van der Waals surface area (Å²) >= 11 is 6.65. The van der Waals surface area contributed by atoms with E-state index in [0.717, 1.165) is 16.7 Å². The Morgan fingerprint density at radius 2 is 1.22 bits per heavy atom. The van der Waals surface area contributed by atoms with Gasteiger partial charge in [0.15, 0.2) is 0 Å². The summed E-state index contributed by atoms with van der Waals surface area (Å²) in [5.41, 5.74) is 10.3. The number of halogens is 1. The molecule has 1 aliphatic rings. The maximum atomic E-state index is 6.65. The Morgan fingerprint density at radius 1 is 0.611 bits per heavy atom. The Kier molecular flexibility index (Phi) is 5.71. The summed E-state index contributed by atoms with van der Waals surface area (Å²) in [5.74, 6) is 0. The maximum Gasteiger partial charge on any atom is 0.0831 e. The molecule has 6 rings (SSSR count). The summed E-state index contributed by atoms with van der Waals surface area (Å²) in [4.78, 5) is 0. The molecule has 0 amide bonds. The van der Waals surface area contributed by atoms with Crippen LogP contribution in [0.2, 0.25) is 5.02 Å². The molecule has 1 aliphatic carbocycles. The van der Waals surface area contributed by atoms with Gasteiger partial charge in [-0.2, -0.15) is 0 Å². The number of fused-ring (bicyclic) bond motifs is 3. The van der Waals surface area contributed by atoms with Crippen molar-refractivity contribution >= 4 is 17.7 Å². The molecular weight excluding hydrogens is 460 g/mol. The zero-order valence-corrected chi connectivity index (χ0v) is 20.7. The number of hydrogen-bond donors (Lipinski definition) is 0. The van der Waals surface area contributed by atoms with Gasteiger partial charge in [0.1, 0.15) is 0 Å². The highest BCUT2D eigenvalue weighted by Crippen LogP contribution is 2.56. The Balaban J connectivity index is 1.70. The van der Waals surface area contributed by atoms with E-state index in [2.05, 4.69) is 109 Å². The van der Waals surface area contributed by atoms with E-state index in [9.17, 15) is 0 Å². The van der Waals surface area contributed by atoms with Gasteiger partial charge in [0.2, 0.25) is 0 Å². The Morgan fingerprint density at radius 3 is 1.92 bits per heavy atom. The maximum absolute atomic E-state index is 6.65. The third-order valence-electron chi connectivity index (χ3n) is 7.19. The second-order valence-electron chi connectivity index (χ2n) is 9.03. The van der Waals surface area contributed by atoms with Crippen LogP contribution in [0.4, 0.5) is 0 Å². The van der Waals surface area contributed by atoms with Gasteiger partial charge in [-0.25, -0.2) is 0 Å². The predicted molar refractivity (Wildman–Crippen MR) is 150 cm³/mol. The molecule has 0 saturated heterocycles. The molecule has 0 spiro atoms. The van der Waals surface area contributed by atoms with Crippen molar-refractivity contribution in [2.45, 2.75) is 5.41 Å². The zero-order valence-electron chi connectivity index (χ0n) is 20.0. The van der Waals surface area contributed by atoms with Gasteiger partial charge in [0, 0.05) is 10.6 Å². The summed E-state index contributed by atoms with van der Waals surface area (Å²) in [7, 11) is 1.65. The largest absolute Gasteiger partial charge is 0.504 e. The smallest absolute Gasteiger partial charge is 0.0831 e. The molecule has 1 nitrogen and oxygen atoms in total. The highest BCUT2D eigenvalue weighted by Gasteiger charge is 2.46. The lowest BCUT2D eigenvalue weighted by Crippen LogP contribution is -2.28. The van der Waals surface area contributed by atoms with E-state index < -0.39 is 5.41 Å². The van der Waals surface area contributed by atoms with Crippen molar-refractivity contribution in [2.75, 3.05) is 7.11 Å². The SMILES string of the molecule is CO/C=C/c1c(Cl)cccc1-c1ccc2c(c1)C(c1ccccc1)(c1ccccc1)c1ccccc1-2. The van der Waals surface area contributed by atoms with Crippen molar-refractivity contribution < 1.29 is 4.74 Å². The molecule has 174 valence electrons. The molecule has 0 N–H and O–H groups in total. The molecule has 0 radical (unpaired) electrons. The van der Waals surface area contributed by atoms with Gasteiger partial charge in [-0.1, -0.05) is 121 Å². The Labute approximate surface area is 217 Å². The van der Waals surface area contributed by atoms with E-state index in [0.29, 0.717) is 5.02 Å². The first-order valence-corrected chi connectivity index (χ1v) is 12.5. The monoisotopic (exact) mass is 484 g/mol. The van der Waals surface area contributed by atoms with Gasteiger partial charge in [-0.3, -0.25) is 0 Å². The lowest BCUT2D eigenvalue weighted by atomic mass is 9.67. The Hall–Kier alpha value is -4.07. The van der Waals surface area contributed by atoms with Crippen LogP contribution in [0.15, 0.2) is 128 Å². The van der Waals surface area contributed by atoms with Gasteiger partial charge in [-0.15, -0.1) is 0 Å². The second-order valence-corrected chi connectivity index (χ2v) is 9.43. The standard InChI is InChI=1S/C34H25ClO/c1-36-22-21-30-27(16-10-18-33(30)35)24-19-20-29-28-15-8-9-17-31(28)34(32(29)23-24,25-11-4-2-5-12-25)26-13-6-3-7-14-26/h2-23H,1H3/b22-21+. The molecule has 0 fully saturated rings.